The molecule has 0 spiro atoms. The van der Waals surface area contributed by atoms with Crippen LogP contribution in [0.25, 0.3) is 5.69 Å². The van der Waals surface area contributed by atoms with Crippen molar-refractivity contribution in [1.29, 1.82) is 0 Å². The van der Waals surface area contributed by atoms with E-state index in [2.05, 4.69) is 40.0 Å². The van der Waals surface area contributed by atoms with Crippen LogP contribution in [0.3, 0.4) is 0 Å². The smallest absolute Gasteiger partial charge is 0.477 e. The van der Waals surface area contributed by atoms with Gasteiger partial charge in [-0.25, -0.2) is 29.5 Å². The number of nitrogen functional groups attached to an aromatic ring is 3. The predicted molar refractivity (Wildman–Crippen MR) is 316 cm³/mol. The molecule has 4 saturated heterocycles. The second-order valence-corrected chi connectivity index (χ2v) is 19.4. The van der Waals surface area contributed by atoms with E-state index in [9.17, 15) is 23.6 Å². The predicted octanol–water partition coefficient (Wildman–Crippen LogP) is 1.15. The Morgan fingerprint density at radius 1 is 0.675 bits per heavy atom. The van der Waals surface area contributed by atoms with Gasteiger partial charge in [-0.2, -0.15) is 4.39 Å². The minimum absolute atomic E-state index is 0. The number of aromatic nitrogens is 5. The van der Waals surface area contributed by atoms with Gasteiger partial charge in [-0.1, -0.05) is 0 Å². The van der Waals surface area contributed by atoms with E-state index in [0.29, 0.717) is 30.4 Å². The number of hydrogen-bond acceptors (Lipinski definition) is 22. The number of carboxylic acid groups (broad SMARTS) is 1. The molecule has 5 aromatic rings. The van der Waals surface area contributed by atoms with Crippen molar-refractivity contribution in [2.24, 2.45) is 0 Å². The number of nitrogens with two attached hydrogens (primary N) is 3. The Hall–Kier alpha value is -6.14. The molecule has 5 aliphatic heterocycles. The molecule has 4 fully saturated rings. The van der Waals surface area contributed by atoms with Gasteiger partial charge in [0.25, 0.3) is 0 Å². The fraction of sp³-hybridized carbons (Fsp3) is 0.429. The number of ketones is 1. The summed E-state index contributed by atoms with van der Waals surface area (Å²) >= 11 is 0. The molecule has 0 saturated carbocycles. The summed E-state index contributed by atoms with van der Waals surface area (Å²) < 4.78 is 39.3. The van der Waals surface area contributed by atoms with Crippen LogP contribution in [0, 0.1) is 12.9 Å². The number of ether oxygens (including phenoxy) is 5. The number of nitrogens with zero attached hydrogens (tertiary/aromatic N) is 9. The van der Waals surface area contributed by atoms with Crippen molar-refractivity contribution in [1.82, 2.24) is 34.7 Å². The standard InChI is InChI=1S/C16H17N3O4.2C9H13N3O.C9H11NO3.C5H5FN2.C4H9NO.C4H10O.ClH.K/c1-11-8-14(20)13(16(21)22)10-19(11)12-2-3-17-15(9-12)18-4-6-23-7-5-18;2*10-8-1-2-11-9(7-8)12-3-5-13-6-4-12;1-6-4-8(11)7(5-10(2)3)9(12)13-6;6-5-3-4(7)1-2-8-5;1-3-6-4-2-5-1;1-4(2,3)5;;/h2-3,8-10H,4-7H2,1H3,(H,21,22);2*1-2,7H,3-6H2,(H2,10,11);4-5H,1-3H3;1-3H,(H2,7,8);5H,1-4H2;5H,1-3H3;1H;/q;;;;;;;;+1/b;;;7-5+;;;;;. The number of esters is 1. The number of nitrogens with one attached hydrogen (secondary N) is 1. The summed E-state index contributed by atoms with van der Waals surface area (Å²) in [6.07, 6.45) is 10.6. The Bertz CT molecular complexity index is 2800. The number of rotatable bonds is 6. The molecule has 10 rings (SSSR count). The number of aliphatic hydroxyl groups is 1. The average Bonchev–Trinajstić information content (AvgIpc) is 3.59. The monoisotopic (exact) mass is 1200 g/mol. The van der Waals surface area contributed by atoms with Crippen molar-refractivity contribution in [3.05, 3.63) is 137 Å². The number of aryl methyl sites for hydroxylation is 1. The van der Waals surface area contributed by atoms with E-state index in [4.69, 9.17) is 51.1 Å². The van der Waals surface area contributed by atoms with E-state index in [0.717, 1.165) is 127 Å². The minimum Gasteiger partial charge on any atom is -0.477 e. The van der Waals surface area contributed by atoms with E-state index in [1.54, 1.807) is 95.0 Å². The van der Waals surface area contributed by atoms with Crippen molar-refractivity contribution in [3.8, 4) is 5.69 Å². The van der Waals surface area contributed by atoms with Gasteiger partial charge < -0.3 is 80.6 Å². The molecule has 10 heterocycles. The minimum atomic E-state index is -1.23. The fourth-order valence-corrected chi connectivity index (χ4v) is 7.29. The van der Waals surface area contributed by atoms with E-state index in [1.807, 2.05) is 18.2 Å². The zero-order valence-corrected chi connectivity index (χ0v) is 52.6. The van der Waals surface area contributed by atoms with Gasteiger partial charge in [0.15, 0.2) is 11.2 Å². The van der Waals surface area contributed by atoms with Crippen molar-refractivity contribution in [3.63, 3.8) is 0 Å². The normalized spacial score (nSPS) is 16.0. The van der Waals surface area contributed by atoms with Crippen LogP contribution in [0.5, 0.6) is 0 Å². The van der Waals surface area contributed by atoms with Crippen LogP contribution in [0.2, 0.25) is 0 Å². The van der Waals surface area contributed by atoms with Crippen LogP contribution in [-0.2, 0) is 33.3 Å². The third-order valence-electron chi connectivity index (χ3n) is 11.1. The maximum absolute atomic E-state index is 12.0. The largest absolute Gasteiger partial charge is 1.00 e. The quantitative estimate of drug-likeness (QED) is 0.0457. The third kappa shape index (κ3) is 28.8. The Morgan fingerprint density at radius 2 is 1.08 bits per heavy atom. The van der Waals surface area contributed by atoms with E-state index >= 15 is 0 Å². The van der Waals surface area contributed by atoms with Crippen LogP contribution in [-0.4, -0.2) is 182 Å². The molecule has 5 aliphatic rings. The first-order chi connectivity index (χ1) is 38.6. The van der Waals surface area contributed by atoms with E-state index in [1.165, 1.54) is 42.9 Å². The first kappa shape index (κ1) is 73.0. The van der Waals surface area contributed by atoms with Crippen LogP contribution in [0.15, 0.2) is 114 Å². The molecule has 0 bridgehead atoms. The number of hydrogen-bond donors (Lipinski definition) is 6. The number of carbonyl (C=O) groups is 3. The second kappa shape index (κ2) is 38.7. The second-order valence-electron chi connectivity index (χ2n) is 19.4. The van der Waals surface area contributed by atoms with Crippen molar-refractivity contribution < 1.29 is 104 Å². The van der Waals surface area contributed by atoms with E-state index in [-0.39, 0.29) is 80.7 Å². The van der Waals surface area contributed by atoms with Crippen molar-refractivity contribution in [2.45, 2.75) is 40.2 Å². The Labute approximate surface area is 533 Å². The fourth-order valence-electron chi connectivity index (χ4n) is 7.29. The van der Waals surface area contributed by atoms with Gasteiger partial charge in [0.2, 0.25) is 5.95 Å². The summed E-state index contributed by atoms with van der Waals surface area (Å²) in [4.78, 5) is 69.7. The molecule has 448 valence electrons. The number of allylic oxidation sites excluding steroid dienone is 2. The van der Waals surface area contributed by atoms with E-state index < -0.39 is 28.9 Å². The van der Waals surface area contributed by atoms with Crippen LogP contribution >= 0.6 is 12.4 Å². The SMILES string of the molecule is C1COCCN1.CC(C)(C)O.CC1=CC(=O)/C(=C\N(C)C)C(=O)O1.Cc1cc(=O)c(C(=O)O)cn1-c1ccnc(N2CCOCC2)c1.Cl.Nc1ccnc(F)c1.Nc1ccnc(N2CCOCC2)c1.Nc1ccnc(N2CCOCC2)c1.[K+]. The van der Waals surface area contributed by atoms with Gasteiger partial charge in [0.05, 0.1) is 64.1 Å². The Morgan fingerprint density at radius 3 is 1.43 bits per heavy atom. The Balaban J connectivity index is 0.000000347. The molecule has 0 aliphatic carbocycles. The number of carbonyl (C=O) groups excluding carboxylic acids is 2. The molecule has 0 amide bonds. The molecular weight excluding hydrogens is 1120 g/mol. The molecule has 0 atom stereocenters. The van der Waals surface area contributed by atoms with Gasteiger partial charge in [-0.15, -0.1) is 12.4 Å². The molecule has 83 heavy (non-hydrogen) atoms. The van der Waals surface area contributed by atoms with Gasteiger partial charge in [0, 0.05) is 163 Å². The topological polar surface area (TPSA) is 314 Å². The molecule has 0 unspecified atom stereocenters. The zero-order chi connectivity index (χ0) is 59.3. The number of anilines is 6. The summed E-state index contributed by atoms with van der Waals surface area (Å²) in [7, 11) is 3.47. The number of halogens is 2. The van der Waals surface area contributed by atoms with Crippen molar-refractivity contribution >= 4 is 64.6 Å². The van der Waals surface area contributed by atoms with Crippen molar-refractivity contribution in [2.75, 3.05) is 151 Å². The number of pyridine rings is 5. The number of cyclic esters (lactones) is 1. The number of carboxylic acids is 1. The maximum Gasteiger partial charge on any atom is 1.00 e. The summed E-state index contributed by atoms with van der Waals surface area (Å²) in [5.74, 6) is 0.385. The molecule has 0 radical (unpaired) electrons. The third-order valence-corrected chi connectivity index (χ3v) is 11.1. The van der Waals surface area contributed by atoms with Gasteiger partial charge in [-0.3, -0.25) is 9.59 Å². The number of morpholine rings is 4. The first-order valence-corrected chi connectivity index (χ1v) is 26.1. The summed E-state index contributed by atoms with van der Waals surface area (Å²) in [6.45, 7) is 21.9. The van der Waals surface area contributed by atoms with Gasteiger partial charge >= 0.3 is 63.3 Å². The molecule has 0 aromatic carbocycles. The first-order valence-electron chi connectivity index (χ1n) is 26.1. The summed E-state index contributed by atoms with van der Waals surface area (Å²) in [5.41, 5.74) is 18.7. The van der Waals surface area contributed by atoms with Crippen LogP contribution in [0.1, 0.15) is 43.7 Å². The maximum atomic E-state index is 12.0. The zero-order valence-electron chi connectivity index (χ0n) is 48.7. The molecular formula is C56H79ClFKN13O11+. The van der Waals surface area contributed by atoms with Gasteiger partial charge in [-0.05, 0) is 58.9 Å². The molecule has 5 aromatic heterocycles. The molecule has 24 nitrogen and oxygen atoms in total. The molecule has 9 N–H and O–H groups in total. The average molecular weight is 1200 g/mol. The molecule has 27 heteroatoms. The number of aromatic carboxylic acids is 1. The summed E-state index contributed by atoms with van der Waals surface area (Å²) in [5, 5.41) is 20.8. The summed E-state index contributed by atoms with van der Waals surface area (Å²) in [6, 6.07) is 15.1. The van der Waals surface area contributed by atoms with Crippen LogP contribution < -0.4 is 94.0 Å². The van der Waals surface area contributed by atoms with Gasteiger partial charge in [0.1, 0.15) is 34.3 Å². The Kier molecular flexibility index (Phi) is 34.0. The van der Waals surface area contributed by atoms with Crippen LogP contribution in [0.4, 0.5) is 38.9 Å².